The van der Waals surface area contributed by atoms with E-state index in [0.717, 1.165) is 29.8 Å². The van der Waals surface area contributed by atoms with Gasteiger partial charge in [0.15, 0.2) is 0 Å². The van der Waals surface area contributed by atoms with Gasteiger partial charge in [-0.15, -0.1) is 0 Å². The van der Waals surface area contributed by atoms with Gasteiger partial charge in [-0.3, -0.25) is 4.98 Å². The molecular weight excluding hydrogens is 262 g/mol. The molecule has 1 aromatic carbocycles. The standard InChI is InChI=1S/C16H17N5/c1-2-21(10-12-5-7-18-8-6-12)16-14-4-3-13(17)9-15(14)19-11-20-16/h3-9,11H,2,10,17H2,1H3. The quantitative estimate of drug-likeness (QED) is 0.744. The average Bonchev–Trinajstić information content (AvgIpc) is 2.53. The Morgan fingerprint density at radius 3 is 2.67 bits per heavy atom. The van der Waals surface area contributed by atoms with Crippen molar-refractivity contribution < 1.29 is 0 Å². The van der Waals surface area contributed by atoms with E-state index in [1.54, 1.807) is 6.33 Å². The topological polar surface area (TPSA) is 67.9 Å². The molecule has 3 aromatic rings. The summed E-state index contributed by atoms with van der Waals surface area (Å²) in [4.78, 5) is 15.0. The molecule has 0 spiro atoms. The average molecular weight is 279 g/mol. The van der Waals surface area contributed by atoms with Crippen molar-refractivity contribution in [1.29, 1.82) is 0 Å². The highest BCUT2D eigenvalue weighted by atomic mass is 15.2. The van der Waals surface area contributed by atoms with Crippen molar-refractivity contribution in [2.45, 2.75) is 13.5 Å². The molecule has 0 bridgehead atoms. The molecular formula is C16H17N5. The number of benzene rings is 1. The molecule has 0 atom stereocenters. The monoisotopic (exact) mass is 279 g/mol. The van der Waals surface area contributed by atoms with Crippen molar-refractivity contribution in [3.05, 3.63) is 54.6 Å². The van der Waals surface area contributed by atoms with Crippen LogP contribution < -0.4 is 10.6 Å². The summed E-state index contributed by atoms with van der Waals surface area (Å²) >= 11 is 0. The molecule has 0 aliphatic carbocycles. The summed E-state index contributed by atoms with van der Waals surface area (Å²) in [6, 6.07) is 9.78. The zero-order valence-corrected chi connectivity index (χ0v) is 11.9. The fraction of sp³-hybridized carbons (Fsp3) is 0.188. The van der Waals surface area contributed by atoms with Gasteiger partial charge in [0, 0.05) is 36.6 Å². The van der Waals surface area contributed by atoms with Gasteiger partial charge >= 0.3 is 0 Å². The van der Waals surface area contributed by atoms with Crippen LogP contribution in [0.25, 0.3) is 10.9 Å². The molecule has 5 heteroatoms. The third kappa shape index (κ3) is 2.76. The van der Waals surface area contributed by atoms with E-state index in [0.29, 0.717) is 5.69 Å². The van der Waals surface area contributed by atoms with Gasteiger partial charge in [-0.25, -0.2) is 9.97 Å². The maximum absolute atomic E-state index is 5.83. The first-order valence-corrected chi connectivity index (χ1v) is 6.92. The minimum atomic E-state index is 0.712. The number of pyridine rings is 1. The summed E-state index contributed by atoms with van der Waals surface area (Å²) in [7, 11) is 0. The van der Waals surface area contributed by atoms with Crippen LogP contribution in [0.1, 0.15) is 12.5 Å². The molecule has 0 fully saturated rings. The summed E-state index contributed by atoms with van der Waals surface area (Å²) in [6.07, 6.45) is 5.20. The Bertz CT molecular complexity index is 742. The predicted octanol–water partition coefficient (Wildman–Crippen LogP) is 2.63. The van der Waals surface area contributed by atoms with Crippen LogP contribution in [0.3, 0.4) is 0 Å². The number of hydrogen-bond acceptors (Lipinski definition) is 5. The first-order chi connectivity index (χ1) is 10.3. The van der Waals surface area contributed by atoms with Gasteiger partial charge in [0.05, 0.1) is 5.52 Å². The molecule has 0 unspecified atom stereocenters. The zero-order valence-electron chi connectivity index (χ0n) is 11.9. The lowest BCUT2D eigenvalue weighted by atomic mass is 10.2. The second-order valence-corrected chi connectivity index (χ2v) is 4.84. The first-order valence-electron chi connectivity index (χ1n) is 6.92. The zero-order chi connectivity index (χ0) is 14.7. The Morgan fingerprint density at radius 1 is 1.10 bits per heavy atom. The number of anilines is 2. The lowest BCUT2D eigenvalue weighted by molar-refractivity contribution is 0.815. The lowest BCUT2D eigenvalue weighted by Gasteiger charge is -2.23. The van der Waals surface area contributed by atoms with Gasteiger partial charge in [0.1, 0.15) is 12.1 Å². The minimum absolute atomic E-state index is 0.712. The van der Waals surface area contributed by atoms with Gasteiger partial charge in [-0.2, -0.15) is 0 Å². The smallest absolute Gasteiger partial charge is 0.140 e. The molecule has 0 amide bonds. The molecule has 0 saturated carbocycles. The molecule has 21 heavy (non-hydrogen) atoms. The number of aromatic nitrogens is 3. The largest absolute Gasteiger partial charge is 0.399 e. The van der Waals surface area contributed by atoms with Crippen LogP contribution in [0.2, 0.25) is 0 Å². The van der Waals surface area contributed by atoms with E-state index in [9.17, 15) is 0 Å². The maximum Gasteiger partial charge on any atom is 0.140 e. The van der Waals surface area contributed by atoms with E-state index in [-0.39, 0.29) is 0 Å². The second-order valence-electron chi connectivity index (χ2n) is 4.84. The van der Waals surface area contributed by atoms with E-state index in [1.165, 1.54) is 5.56 Å². The van der Waals surface area contributed by atoms with Gasteiger partial charge in [0.2, 0.25) is 0 Å². The first kappa shape index (κ1) is 13.3. The molecule has 2 aromatic heterocycles. The lowest BCUT2D eigenvalue weighted by Crippen LogP contribution is -2.23. The molecule has 0 radical (unpaired) electrons. The number of fused-ring (bicyclic) bond motifs is 1. The number of nitrogen functional groups attached to an aromatic ring is 1. The molecule has 106 valence electrons. The fourth-order valence-electron chi connectivity index (χ4n) is 2.36. The van der Waals surface area contributed by atoms with Crippen LogP contribution in [-0.2, 0) is 6.54 Å². The number of rotatable bonds is 4. The normalized spacial score (nSPS) is 10.7. The Hall–Kier alpha value is -2.69. The van der Waals surface area contributed by atoms with Crippen LogP contribution in [-0.4, -0.2) is 21.5 Å². The molecule has 2 N–H and O–H groups in total. The fourth-order valence-corrected chi connectivity index (χ4v) is 2.36. The second kappa shape index (κ2) is 5.75. The highest BCUT2D eigenvalue weighted by molar-refractivity contribution is 5.91. The summed E-state index contributed by atoms with van der Waals surface area (Å²) in [5.74, 6) is 0.930. The summed E-state index contributed by atoms with van der Waals surface area (Å²) in [6.45, 7) is 3.76. The molecule has 0 aliphatic rings. The van der Waals surface area contributed by atoms with Crippen LogP contribution in [0, 0.1) is 0 Å². The summed E-state index contributed by atoms with van der Waals surface area (Å²) in [5.41, 5.74) is 8.61. The van der Waals surface area contributed by atoms with Crippen LogP contribution in [0.4, 0.5) is 11.5 Å². The van der Waals surface area contributed by atoms with Gasteiger partial charge in [0.25, 0.3) is 0 Å². The van der Waals surface area contributed by atoms with Crippen LogP contribution in [0.15, 0.2) is 49.1 Å². The molecule has 0 saturated heterocycles. The van der Waals surface area contributed by atoms with Gasteiger partial charge in [-0.1, -0.05) is 0 Å². The Labute approximate surface area is 123 Å². The van der Waals surface area contributed by atoms with E-state index in [2.05, 4.69) is 26.8 Å². The Balaban J connectivity index is 2.01. The van der Waals surface area contributed by atoms with E-state index in [4.69, 9.17) is 5.73 Å². The van der Waals surface area contributed by atoms with E-state index < -0.39 is 0 Å². The minimum Gasteiger partial charge on any atom is -0.399 e. The number of hydrogen-bond donors (Lipinski definition) is 1. The Kier molecular flexibility index (Phi) is 3.64. The number of nitrogens with two attached hydrogens (primary N) is 1. The third-order valence-corrected chi connectivity index (χ3v) is 3.44. The number of nitrogens with zero attached hydrogens (tertiary/aromatic N) is 4. The van der Waals surface area contributed by atoms with Gasteiger partial charge < -0.3 is 10.6 Å². The highest BCUT2D eigenvalue weighted by Crippen LogP contribution is 2.25. The predicted molar refractivity (Wildman–Crippen MR) is 84.9 cm³/mol. The third-order valence-electron chi connectivity index (χ3n) is 3.44. The highest BCUT2D eigenvalue weighted by Gasteiger charge is 2.11. The molecule has 3 rings (SSSR count). The van der Waals surface area contributed by atoms with Crippen molar-refractivity contribution >= 4 is 22.4 Å². The summed E-state index contributed by atoms with van der Waals surface area (Å²) in [5, 5.41) is 1.02. The Morgan fingerprint density at radius 2 is 1.90 bits per heavy atom. The molecule has 2 heterocycles. The van der Waals surface area contributed by atoms with E-state index >= 15 is 0 Å². The van der Waals surface area contributed by atoms with Crippen molar-refractivity contribution in [3.63, 3.8) is 0 Å². The van der Waals surface area contributed by atoms with Crippen molar-refractivity contribution in [3.8, 4) is 0 Å². The van der Waals surface area contributed by atoms with Crippen LogP contribution in [0.5, 0.6) is 0 Å². The maximum atomic E-state index is 5.83. The van der Waals surface area contributed by atoms with Gasteiger partial charge in [-0.05, 0) is 42.8 Å². The van der Waals surface area contributed by atoms with Crippen molar-refractivity contribution in [1.82, 2.24) is 15.0 Å². The summed E-state index contributed by atoms with van der Waals surface area (Å²) < 4.78 is 0. The van der Waals surface area contributed by atoms with Crippen molar-refractivity contribution in [2.24, 2.45) is 0 Å². The SMILES string of the molecule is CCN(Cc1ccncc1)c1ncnc2cc(N)ccc12. The van der Waals surface area contributed by atoms with E-state index in [1.807, 2.05) is 42.7 Å². The van der Waals surface area contributed by atoms with Crippen LogP contribution >= 0.6 is 0 Å². The van der Waals surface area contributed by atoms with Crippen molar-refractivity contribution in [2.75, 3.05) is 17.2 Å². The molecule has 5 nitrogen and oxygen atoms in total. The molecule has 0 aliphatic heterocycles.